The van der Waals surface area contributed by atoms with Gasteiger partial charge in [-0.15, -0.1) is 0 Å². The fourth-order valence-corrected chi connectivity index (χ4v) is 7.37. The molecule has 0 amide bonds. The molecule has 0 spiro atoms. The number of benzene rings is 2. The van der Waals surface area contributed by atoms with Crippen molar-refractivity contribution < 1.29 is 19.1 Å². The van der Waals surface area contributed by atoms with Gasteiger partial charge < -0.3 is 14.4 Å². The molecule has 1 aliphatic heterocycles. The van der Waals surface area contributed by atoms with Crippen LogP contribution in [0, 0.1) is 10.8 Å². The quantitative estimate of drug-likeness (QED) is 0.322. The number of nitrogens with zero attached hydrogens (tertiary/aromatic N) is 1. The van der Waals surface area contributed by atoms with E-state index in [4.69, 9.17) is 9.47 Å². The van der Waals surface area contributed by atoms with Gasteiger partial charge in [-0.05, 0) is 76.2 Å². The van der Waals surface area contributed by atoms with Gasteiger partial charge in [0.15, 0.2) is 23.1 Å². The molecule has 0 unspecified atom stereocenters. The lowest BCUT2D eigenvalue weighted by Gasteiger charge is -2.49. The van der Waals surface area contributed by atoms with Gasteiger partial charge in [0, 0.05) is 47.8 Å². The van der Waals surface area contributed by atoms with E-state index in [1.54, 1.807) is 7.11 Å². The number of hydrogen-bond acceptors (Lipinski definition) is 5. The Morgan fingerprint density at radius 1 is 0.900 bits per heavy atom. The third-order valence-corrected chi connectivity index (χ3v) is 8.95. The molecule has 2 aromatic carbocycles. The van der Waals surface area contributed by atoms with Crippen LogP contribution in [0.4, 0.5) is 0 Å². The minimum Gasteiger partial charge on any atom is -0.492 e. The molecular weight excluding hydrogens is 566 g/mol. The van der Waals surface area contributed by atoms with Crippen LogP contribution in [0.5, 0.6) is 11.5 Å². The van der Waals surface area contributed by atoms with Crippen LogP contribution in [0.1, 0.15) is 77.3 Å². The number of carbonyl (C=O) groups is 2. The van der Waals surface area contributed by atoms with E-state index < -0.39 is 5.92 Å². The number of allylic oxidation sites excluding steroid dienone is 4. The minimum atomic E-state index is -0.424. The molecule has 3 aliphatic rings. The summed E-state index contributed by atoms with van der Waals surface area (Å²) in [6.45, 7) is 11.9. The summed E-state index contributed by atoms with van der Waals surface area (Å²) >= 11 is 3.68. The average Bonchev–Trinajstić information content (AvgIpc) is 2.86. The Kier molecular flexibility index (Phi) is 7.77. The summed E-state index contributed by atoms with van der Waals surface area (Å²) in [4.78, 5) is 30.5. The Morgan fingerprint density at radius 3 is 2.00 bits per heavy atom. The molecule has 6 heteroatoms. The maximum atomic E-state index is 14.1. The topological polar surface area (TPSA) is 55.8 Å². The number of rotatable bonds is 7. The molecule has 0 N–H and O–H groups in total. The first-order chi connectivity index (χ1) is 18.9. The van der Waals surface area contributed by atoms with E-state index in [1.807, 2.05) is 25.1 Å². The molecule has 0 atom stereocenters. The van der Waals surface area contributed by atoms with Crippen molar-refractivity contribution in [3.8, 4) is 11.5 Å². The summed E-state index contributed by atoms with van der Waals surface area (Å²) in [6.07, 6.45) is 3.35. The summed E-state index contributed by atoms with van der Waals surface area (Å²) in [6, 6.07) is 14.4. The molecule has 0 bridgehead atoms. The van der Waals surface area contributed by atoms with Gasteiger partial charge in [-0.1, -0.05) is 58.0 Å². The van der Waals surface area contributed by atoms with Crippen LogP contribution in [0.3, 0.4) is 0 Å². The zero-order valence-electron chi connectivity index (χ0n) is 24.5. The van der Waals surface area contributed by atoms with Crippen molar-refractivity contribution in [2.45, 2.75) is 72.6 Å². The Balaban J connectivity index is 1.73. The normalized spacial score (nSPS) is 20.4. The Morgan fingerprint density at radius 2 is 1.48 bits per heavy atom. The third-order valence-electron chi connectivity index (χ3n) is 8.36. The second-order valence-corrected chi connectivity index (χ2v) is 13.7. The summed E-state index contributed by atoms with van der Waals surface area (Å²) < 4.78 is 12.4. The summed E-state index contributed by atoms with van der Waals surface area (Å²) in [5, 5.41) is 0. The molecule has 5 nitrogen and oxygen atoms in total. The first-order valence-corrected chi connectivity index (χ1v) is 15.1. The molecule has 40 heavy (non-hydrogen) atoms. The van der Waals surface area contributed by atoms with Crippen molar-refractivity contribution >= 4 is 27.5 Å². The molecule has 0 aromatic heterocycles. The molecule has 2 aliphatic carbocycles. The maximum Gasteiger partial charge on any atom is 0.174 e. The first-order valence-electron chi connectivity index (χ1n) is 14.3. The molecule has 0 saturated carbocycles. The van der Waals surface area contributed by atoms with Crippen LogP contribution in [-0.2, 0) is 16.0 Å². The molecule has 2 aromatic rings. The lowest BCUT2D eigenvalue weighted by Crippen LogP contribution is -2.45. The summed E-state index contributed by atoms with van der Waals surface area (Å²) in [5.41, 5.74) is 5.53. The number of Topliss-reactive ketones (excluding diaryl/α,β-unsaturated/α-hetero) is 2. The van der Waals surface area contributed by atoms with Crippen molar-refractivity contribution in [2.24, 2.45) is 10.8 Å². The highest BCUT2D eigenvalue weighted by Gasteiger charge is 2.49. The Labute approximate surface area is 246 Å². The number of methoxy groups -OCH3 is 1. The van der Waals surface area contributed by atoms with E-state index in [9.17, 15) is 9.59 Å². The van der Waals surface area contributed by atoms with Crippen molar-refractivity contribution in [1.82, 2.24) is 4.90 Å². The second kappa shape index (κ2) is 10.8. The zero-order valence-corrected chi connectivity index (χ0v) is 26.1. The van der Waals surface area contributed by atoms with Crippen LogP contribution >= 0.6 is 15.9 Å². The summed E-state index contributed by atoms with van der Waals surface area (Å²) in [7, 11) is 1.62. The van der Waals surface area contributed by atoms with Crippen LogP contribution in [0.15, 0.2) is 69.5 Å². The van der Waals surface area contributed by atoms with Crippen molar-refractivity contribution in [2.75, 3.05) is 20.3 Å². The van der Waals surface area contributed by atoms with Gasteiger partial charge in [0.2, 0.25) is 0 Å². The molecule has 212 valence electrons. The van der Waals surface area contributed by atoms with Crippen LogP contribution in [0.2, 0.25) is 0 Å². The first kappa shape index (κ1) is 28.7. The van der Waals surface area contributed by atoms with Gasteiger partial charge >= 0.3 is 0 Å². The van der Waals surface area contributed by atoms with Gasteiger partial charge in [-0.3, -0.25) is 9.59 Å². The number of halogens is 1. The fraction of sp³-hybridized carbons (Fsp3) is 0.471. The second-order valence-electron chi connectivity index (χ2n) is 12.9. The Hall–Kier alpha value is -2.86. The highest BCUT2D eigenvalue weighted by molar-refractivity contribution is 9.10. The predicted molar refractivity (Wildman–Crippen MR) is 162 cm³/mol. The monoisotopic (exact) mass is 605 g/mol. The van der Waals surface area contributed by atoms with Crippen LogP contribution in [-0.4, -0.2) is 36.7 Å². The molecule has 0 fully saturated rings. The highest BCUT2D eigenvalue weighted by atomic mass is 79.9. The van der Waals surface area contributed by atoms with Gasteiger partial charge in [-0.25, -0.2) is 0 Å². The zero-order chi connectivity index (χ0) is 28.8. The van der Waals surface area contributed by atoms with Crippen LogP contribution in [0.25, 0.3) is 0 Å². The van der Waals surface area contributed by atoms with Gasteiger partial charge in [0.1, 0.15) is 0 Å². The average molecular weight is 607 g/mol. The molecule has 0 saturated heterocycles. The lowest BCUT2D eigenvalue weighted by molar-refractivity contribution is -0.119. The van der Waals surface area contributed by atoms with Gasteiger partial charge in [0.25, 0.3) is 0 Å². The smallest absolute Gasteiger partial charge is 0.174 e. The standard InChI is InChI=1S/C34H40BrNO4/c1-7-40-28-16-22(15-23(35)32(28)39-6)29-30-24(17-33(2,3)19-26(30)37)36(14-13-21-11-9-8-10-12-21)25-18-34(4,5)20-27(38)31(25)29/h8-12,15-16,29H,7,13-14,17-20H2,1-6H3. The van der Waals surface area contributed by atoms with Crippen molar-refractivity contribution in [3.63, 3.8) is 0 Å². The molecule has 0 radical (unpaired) electrons. The summed E-state index contributed by atoms with van der Waals surface area (Å²) in [5.74, 6) is 1.07. The SMILES string of the molecule is CCOc1cc(C2C3=C(CC(C)(C)CC3=O)N(CCc3ccccc3)C3=C2C(=O)CC(C)(C)C3)cc(Br)c1OC. The van der Waals surface area contributed by atoms with E-state index in [0.717, 1.165) is 58.4 Å². The number of ketones is 2. The van der Waals surface area contributed by atoms with Crippen molar-refractivity contribution in [1.29, 1.82) is 0 Å². The fourth-order valence-electron chi connectivity index (χ4n) is 6.75. The number of ether oxygens (including phenoxy) is 2. The molecule has 1 heterocycles. The predicted octanol–water partition coefficient (Wildman–Crippen LogP) is 7.78. The number of hydrogen-bond donors (Lipinski definition) is 0. The molecular formula is C34H40BrNO4. The third kappa shape index (κ3) is 5.39. The van der Waals surface area contributed by atoms with E-state index in [2.05, 4.69) is 72.8 Å². The van der Waals surface area contributed by atoms with Gasteiger partial charge in [0.05, 0.1) is 18.2 Å². The van der Waals surface area contributed by atoms with E-state index in [-0.39, 0.29) is 22.4 Å². The minimum absolute atomic E-state index is 0.134. The Bertz CT molecular complexity index is 1350. The van der Waals surface area contributed by atoms with E-state index in [1.165, 1.54) is 5.56 Å². The maximum absolute atomic E-state index is 14.1. The van der Waals surface area contributed by atoms with Gasteiger partial charge in [-0.2, -0.15) is 0 Å². The molecule has 5 rings (SSSR count). The van der Waals surface area contributed by atoms with Crippen molar-refractivity contribution in [3.05, 3.63) is 80.6 Å². The van der Waals surface area contributed by atoms with Crippen LogP contribution < -0.4 is 9.47 Å². The van der Waals surface area contributed by atoms with E-state index >= 15 is 0 Å². The largest absolute Gasteiger partial charge is 0.492 e. The lowest BCUT2D eigenvalue weighted by atomic mass is 9.63. The van der Waals surface area contributed by atoms with E-state index in [0.29, 0.717) is 30.9 Å². The highest BCUT2D eigenvalue weighted by Crippen LogP contribution is 2.55. The number of carbonyl (C=O) groups excluding carboxylic acids is 2.